The molecule has 2 aromatic rings. The Hall–Kier alpha value is -1.79. The van der Waals surface area contributed by atoms with Crippen molar-refractivity contribution in [2.45, 2.75) is 31.1 Å². The van der Waals surface area contributed by atoms with Crippen molar-refractivity contribution >= 4 is 0 Å². The van der Waals surface area contributed by atoms with E-state index in [4.69, 9.17) is 9.47 Å². The quantitative estimate of drug-likeness (QED) is 0.732. The molecule has 3 rings (SSSR count). The van der Waals surface area contributed by atoms with E-state index in [0.29, 0.717) is 13.2 Å². The molecule has 3 unspecified atom stereocenters. The van der Waals surface area contributed by atoms with Crippen molar-refractivity contribution in [3.05, 3.63) is 71.5 Å². The summed E-state index contributed by atoms with van der Waals surface area (Å²) in [6.45, 7) is 2.05. The summed E-state index contributed by atoms with van der Waals surface area (Å²) in [5, 5.41) is 10.4. The lowest BCUT2D eigenvalue weighted by molar-refractivity contribution is -0.0252. The first-order valence-corrected chi connectivity index (χ1v) is 9.51. The van der Waals surface area contributed by atoms with Gasteiger partial charge in [-0.1, -0.05) is 42.5 Å². The van der Waals surface area contributed by atoms with Gasteiger partial charge in [-0.25, -0.2) is 4.39 Å². The van der Waals surface area contributed by atoms with Gasteiger partial charge in [0, 0.05) is 13.2 Å². The zero-order valence-electron chi connectivity index (χ0n) is 15.8. The molecule has 1 N–H and O–H groups in total. The molecule has 0 bridgehead atoms. The molecule has 0 radical (unpaired) electrons. The maximum atomic E-state index is 13.4. The fourth-order valence-electron chi connectivity index (χ4n) is 3.58. The molecule has 146 valence electrons. The SMILES string of the molecule is CN(CC(O)COCC1CCCO1)C(c1ccccc1)c1ccc(F)cc1. The number of ether oxygens (including phenoxy) is 2. The second kappa shape index (κ2) is 9.95. The zero-order valence-corrected chi connectivity index (χ0v) is 15.8. The van der Waals surface area contributed by atoms with Crippen molar-refractivity contribution in [1.82, 2.24) is 4.90 Å². The first-order chi connectivity index (χ1) is 13.1. The lowest BCUT2D eigenvalue weighted by Crippen LogP contribution is -2.36. The van der Waals surface area contributed by atoms with Crippen LogP contribution in [0.3, 0.4) is 0 Å². The van der Waals surface area contributed by atoms with E-state index in [1.807, 2.05) is 37.4 Å². The van der Waals surface area contributed by atoms with Crippen molar-refractivity contribution in [2.75, 3.05) is 33.4 Å². The lowest BCUT2D eigenvalue weighted by atomic mass is 9.97. The molecule has 0 aliphatic carbocycles. The molecule has 1 fully saturated rings. The Kier molecular flexibility index (Phi) is 7.35. The third kappa shape index (κ3) is 5.84. The van der Waals surface area contributed by atoms with Gasteiger partial charge in [0.15, 0.2) is 0 Å². The van der Waals surface area contributed by atoms with E-state index in [1.165, 1.54) is 12.1 Å². The first kappa shape index (κ1) is 20.0. The van der Waals surface area contributed by atoms with Gasteiger partial charge in [0.1, 0.15) is 5.82 Å². The number of halogens is 1. The van der Waals surface area contributed by atoms with Crippen LogP contribution in [0, 0.1) is 5.82 Å². The number of aliphatic hydroxyl groups is 1. The first-order valence-electron chi connectivity index (χ1n) is 9.51. The molecule has 1 aliphatic heterocycles. The van der Waals surface area contributed by atoms with Crippen LogP contribution in [0.5, 0.6) is 0 Å². The number of rotatable bonds is 9. The molecule has 0 saturated carbocycles. The van der Waals surface area contributed by atoms with Gasteiger partial charge in [-0.2, -0.15) is 0 Å². The lowest BCUT2D eigenvalue weighted by Gasteiger charge is -2.30. The van der Waals surface area contributed by atoms with Gasteiger partial charge in [-0.3, -0.25) is 4.90 Å². The molecule has 1 aliphatic rings. The van der Waals surface area contributed by atoms with Gasteiger partial charge >= 0.3 is 0 Å². The Bertz CT molecular complexity index is 674. The minimum Gasteiger partial charge on any atom is -0.389 e. The molecule has 27 heavy (non-hydrogen) atoms. The van der Waals surface area contributed by atoms with E-state index in [2.05, 4.69) is 4.90 Å². The normalized spacial score (nSPS) is 19.3. The molecule has 5 heteroatoms. The average Bonchev–Trinajstić information content (AvgIpc) is 3.18. The van der Waals surface area contributed by atoms with E-state index in [1.54, 1.807) is 12.1 Å². The highest BCUT2D eigenvalue weighted by atomic mass is 19.1. The molecule has 0 amide bonds. The molecule has 0 spiro atoms. The highest BCUT2D eigenvalue weighted by Gasteiger charge is 2.22. The van der Waals surface area contributed by atoms with Crippen LogP contribution in [0.15, 0.2) is 54.6 Å². The van der Waals surface area contributed by atoms with Gasteiger partial charge in [0.25, 0.3) is 0 Å². The molecular weight excluding hydrogens is 345 g/mol. The number of hydrogen-bond donors (Lipinski definition) is 1. The van der Waals surface area contributed by atoms with Crippen LogP contribution in [0.1, 0.15) is 30.0 Å². The summed E-state index contributed by atoms with van der Waals surface area (Å²) in [4.78, 5) is 2.07. The van der Waals surface area contributed by atoms with E-state index in [0.717, 1.165) is 30.6 Å². The summed E-state index contributed by atoms with van der Waals surface area (Å²) < 4.78 is 24.5. The zero-order chi connectivity index (χ0) is 19.1. The molecule has 2 aromatic carbocycles. The smallest absolute Gasteiger partial charge is 0.123 e. The Balaban J connectivity index is 1.61. The van der Waals surface area contributed by atoms with Crippen LogP contribution in [0.4, 0.5) is 4.39 Å². The van der Waals surface area contributed by atoms with Crippen LogP contribution in [0.2, 0.25) is 0 Å². The van der Waals surface area contributed by atoms with Crippen LogP contribution in [-0.2, 0) is 9.47 Å². The molecule has 3 atom stereocenters. The molecular formula is C22H28FNO3. The fraction of sp³-hybridized carbons (Fsp3) is 0.455. The third-order valence-corrected chi connectivity index (χ3v) is 4.88. The van der Waals surface area contributed by atoms with Gasteiger partial charge in [0.2, 0.25) is 0 Å². The molecule has 0 aromatic heterocycles. The average molecular weight is 373 g/mol. The predicted octanol–water partition coefficient (Wildman–Crippen LogP) is 3.40. The number of aliphatic hydroxyl groups excluding tert-OH is 1. The summed E-state index contributed by atoms with van der Waals surface area (Å²) in [7, 11) is 1.96. The summed E-state index contributed by atoms with van der Waals surface area (Å²) in [5.41, 5.74) is 2.08. The number of benzene rings is 2. The Labute approximate surface area is 160 Å². The minimum absolute atomic E-state index is 0.0698. The van der Waals surface area contributed by atoms with E-state index < -0.39 is 6.10 Å². The topological polar surface area (TPSA) is 41.9 Å². The Morgan fingerprint density at radius 2 is 1.85 bits per heavy atom. The monoisotopic (exact) mass is 373 g/mol. The van der Waals surface area contributed by atoms with Gasteiger partial charge < -0.3 is 14.6 Å². The van der Waals surface area contributed by atoms with Crippen molar-refractivity contribution in [1.29, 1.82) is 0 Å². The van der Waals surface area contributed by atoms with Crippen LogP contribution < -0.4 is 0 Å². The van der Waals surface area contributed by atoms with Crippen LogP contribution >= 0.6 is 0 Å². The minimum atomic E-state index is -0.608. The van der Waals surface area contributed by atoms with Crippen LogP contribution in [-0.4, -0.2) is 55.6 Å². The van der Waals surface area contributed by atoms with Gasteiger partial charge in [0.05, 0.1) is 31.5 Å². The maximum absolute atomic E-state index is 13.4. The molecule has 4 nitrogen and oxygen atoms in total. The van der Waals surface area contributed by atoms with Gasteiger partial charge in [-0.05, 0) is 43.1 Å². The third-order valence-electron chi connectivity index (χ3n) is 4.88. The summed E-state index contributed by atoms with van der Waals surface area (Å²) >= 11 is 0. The van der Waals surface area contributed by atoms with E-state index in [-0.39, 0.29) is 24.6 Å². The van der Waals surface area contributed by atoms with Crippen molar-refractivity contribution < 1.29 is 19.0 Å². The van der Waals surface area contributed by atoms with Crippen LogP contribution in [0.25, 0.3) is 0 Å². The second-order valence-corrected chi connectivity index (χ2v) is 7.13. The van der Waals surface area contributed by atoms with E-state index >= 15 is 0 Å². The van der Waals surface area contributed by atoms with Crippen molar-refractivity contribution in [3.63, 3.8) is 0 Å². The highest BCUT2D eigenvalue weighted by Crippen LogP contribution is 2.28. The van der Waals surface area contributed by atoms with Crippen molar-refractivity contribution in [3.8, 4) is 0 Å². The number of likely N-dealkylation sites (N-methyl/N-ethyl adjacent to an activating group) is 1. The summed E-state index contributed by atoms with van der Waals surface area (Å²) in [6.07, 6.45) is 1.65. The fourth-order valence-corrected chi connectivity index (χ4v) is 3.58. The number of nitrogens with zero attached hydrogens (tertiary/aromatic N) is 1. The standard InChI is InChI=1S/C22H28FNO3/c1-24(14-20(25)15-26-16-21-8-5-13-27-21)22(17-6-3-2-4-7-17)18-9-11-19(23)12-10-18/h2-4,6-7,9-12,20-22,25H,5,8,13-16H2,1H3. The summed E-state index contributed by atoms with van der Waals surface area (Å²) in [6, 6.07) is 16.5. The number of hydrogen-bond acceptors (Lipinski definition) is 4. The Morgan fingerprint density at radius 1 is 1.15 bits per heavy atom. The van der Waals surface area contributed by atoms with Gasteiger partial charge in [-0.15, -0.1) is 0 Å². The maximum Gasteiger partial charge on any atom is 0.123 e. The van der Waals surface area contributed by atoms with E-state index in [9.17, 15) is 9.50 Å². The second-order valence-electron chi connectivity index (χ2n) is 7.13. The summed E-state index contributed by atoms with van der Waals surface area (Å²) in [5.74, 6) is -0.254. The largest absolute Gasteiger partial charge is 0.389 e. The highest BCUT2D eigenvalue weighted by molar-refractivity contribution is 5.32. The Morgan fingerprint density at radius 3 is 2.52 bits per heavy atom. The predicted molar refractivity (Wildman–Crippen MR) is 103 cm³/mol. The van der Waals surface area contributed by atoms with Crippen molar-refractivity contribution in [2.24, 2.45) is 0 Å². The molecule has 1 heterocycles. The molecule has 1 saturated heterocycles.